The molecule has 0 aliphatic heterocycles. The second kappa shape index (κ2) is 9.33. The summed E-state index contributed by atoms with van der Waals surface area (Å²) in [5.41, 5.74) is 3.61. The molecule has 2 rings (SSSR count). The first kappa shape index (κ1) is 19.2. The lowest BCUT2D eigenvalue weighted by Crippen LogP contribution is -2.32. The predicted molar refractivity (Wildman–Crippen MR) is 95.8 cm³/mol. The second-order valence-corrected chi connectivity index (χ2v) is 5.35. The number of amides is 1. The van der Waals surface area contributed by atoms with Gasteiger partial charge in [0.2, 0.25) is 0 Å². The van der Waals surface area contributed by atoms with Gasteiger partial charge in [0.15, 0.2) is 0 Å². The fraction of sp³-hybridized carbons (Fsp3) is 0.412. The SMILES string of the molecule is CCCNCCNC(=O)c1cnn(-c2ccccc2C)c1C.Cl. The van der Waals surface area contributed by atoms with E-state index >= 15 is 0 Å². The Balaban J connectivity index is 0.00000264. The maximum Gasteiger partial charge on any atom is 0.254 e. The van der Waals surface area contributed by atoms with Crippen molar-refractivity contribution in [1.29, 1.82) is 0 Å². The molecule has 6 heteroatoms. The number of nitrogens with zero attached hydrogens (tertiary/aromatic N) is 2. The number of rotatable bonds is 7. The molecule has 0 aliphatic carbocycles. The van der Waals surface area contributed by atoms with Gasteiger partial charge in [-0.3, -0.25) is 4.79 Å². The standard InChI is InChI=1S/C17H24N4O.ClH/c1-4-9-18-10-11-19-17(22)15-12-20-21(14(15)3)16-8-6-5-7-13(16)2;/h5-8,12,18H,4,9-11H2,1-3H3,(H,19,22);1H. The van der Waals surface area contributed by atoms with Gasteiger partial charge in [-0.15, -0.1) is 12.4 Å². The quantitative estimate of drug-likeness (QED) is 0.764. The van der Waals surface area contributed by atoms with E-state index < -0.39 is 0 Å². The van der Waals surface area contributed by atoms with Crippen LogP contribution >= 0.6 is 12.4 Å². The highest BCUT2D eigenvalue weighted by molar-refractivity contribution is 5.95. The Hall–Kier alpha value is -1.85. The molecule has 1 aromatic heterocycles. The average Bonchev–Trinajstić information content (AvgIpc) is 2.89. The number of benzene rings is 1. The first-order chi connectivity index (χ1) is 10.6. The molecule has 2 aromatic rings. The van der Waals surface area contributed by atoms with E-state index in [2.05, 4.69) is 22.7 Å². The van der Waals surface area contributed by atoms with Gasteiger partial charge in [0.1, 0.15) is 0 Å². The fourth-order valence-electron chi connectivity index (χ4n) is 2.34. The Kier molecular flexibility index (Phi) is 7.78. The monoisotopic (exact) mass is 336 g/mol. The van der Waals surface area contributed by atoms with Crippen LogP contribution in [0.1, 0.15) is 35.0 Å². The summed E-state index contributed by atoms with van der Waals surface area (Å²) in [6, 6.07) is 8.01. The van der Waals surface area contributed by atoms with Gasteiger partial charge in [-0.05, 0) is 38.4 Å². The van der Waals surface area contributed by atoms with Crippen molar-refractivity contribution in [3.05, 3.63) is 47.3 Å². The number of nitrogens with one attached hydrogen (secondary N) is 2. The number of halogens is 1. The molecule has 1 amide bonds. The third-order valence-corrected chi connectivity index (χ3v) is 3.61. The molecule has 0 radical (unpaired) electrons. The highest BCUT2D eigenvalue weighted by Crippen LogP contribution is 2.17. The van der Waals surface area contributed by atoms with Crippen LogP contribution in [0.25, 0.3) is 5.69 Å². The van der Waals surface area contributed by atoms with E-state index in [9.17, 15) is 4.79 Å². The van der Waals surface area contributed by atoms with Gasteiger partial charge in [0.25, 0.3) is 5.91 Å². The van der Waals surface area contributed by atoms with E-state index in [1.54, 1.807) is 6.20 Å². The van der Waals surface area contributed by atoms with Crippen molar-refractivity contribution in [2.24, 2.45) is 0 Å². The zero-order chi connectivity index (χ0) is 15.9. The van der Waals surface area contributed by atoms with Crippen molar-refractivity contribution in [2.45, 2.75) is 27.2 Å². The molecule has 23 heavy (non-hydrogen) atoms. The predicted octanol–water partition coefficient (Wildman–Crippen LogP) is 2.64. The number of para-hydroxylation sites is 1. The second-order valence-electron chi connectivity index (χ2n) is 5.35. The minimum absolute atomic E-state index is 0. The molecule has 5 nitrogen and oxygen atoms in total. The van der Waals surface area contributed by atoms with Crippen molar-refractivity contribution in [3.63, 3.8) is 0 Å². The van der Waals surface area contributed by atoms with E-state index in [-0.39, 0.29) is 18.3 Å². The highest BCUT2D eigenvalue weighted by Gasteiger charge is 2.15. The zero-order valence-corrected chi connectivity index (χ0v) is 14.7. The molecule has 1 heterocycles. The molecule has 0 aliphatic rings. The Morgan fingerprint density at radius 3 is 2.61 bits per heavy atom. The Morgan fingerprint density at radius 2 is 1.91 bits per heavy atom. The van der Waals surface area contributed by atoms with Gasteiger partial charge in [-0.25, -0.2) is 4.68 Å². The maximum absolute atomic E-state index is 12.2. The van der Waals surface area contributed by atoms with Gasteiger partial charge >= 0.3 is 0 Å². The molecule has 0 fully saturated rings. The molecule has 2 N–H and O–H groups in total. The van der Waals surface area contributed by atoms with Crippen LogP contribution in [0.4, 0.5) is 0 Å². The molecular formula is C17H25ClN4O. The van der Waals surface area contributed by atoms with Gasteiger partial charge < -0.3 is 10.6 Å². The first-order valence-corrected chi connectivity index (χ1v) is 7.74. The summed E-state index contributed by atoms with van der Waals surface area (Å²) in [6.45, 7) is 8.45. The molecule has 0 spiro atoms. The van der Waals surface area contributed by atoms with Crippen LogP contribution in [0.15, 0.2) is 30.5 Å². The van der Waals surface area contributed by atoms with Crippen molar-refractivity contribution < 1.29 is 4.79 Å². The largest absolute Gasteiger partial charge is 0.351 e. The van der Waals surface area contributed by atoms with Crippen LogP contribution < -0.4 is 10.6 Å². The van der Waals surface area contributed by atoms with Crippen LogP contribution in [-0.4, -0.2) is 35.3 Å². The minimum Gasteiger partial charge on any atom is -0.351 e. The van der Waals surface area contributed by atoms with E-state index in [1.807, 2.05) is 42.8 Å². The molecule has 0 saturated carbocycles. The van der Waals surface area contributed by atoms with Gasteiger partial charge in [0.05, 0.1) is 23.1 Å². The molecule has 0 saturated heterocycles. The number of carbonyl (C=O) groups is 1. The van der Waals surface area contributed by atoms with Crippen LogP contribution in [0.5, 0.6) is 0 Å². The van der Waals surface area contributed by atoms with E-state index in [1.165, 1.54) is 0 Å². The van der Waals surface area contributed by atoms with Crippen molar-refractivity contribution in [1.82, 2.24) is 20.4 Å². The summed E-state index contributed by atoms with van der Waals surface area (Å²) in [5, 5.41) is 10.5. The van der Waals surface area contributed by atoms with Gasteiger partial charge in [-0.1, -0.05) is 25.1 Å². The van der Waals surface area contributed by atoms with E-state index in [0.29, 0.717) is 12.1 Å². The van der Waals surface area contributed by atoms with Crippen LogP contribution in [0.2, 0.25) is 0 Å². The van der Waals surface area contributed by atoms with Crippen LogP contribution in [-0.2, 0) is 0 Å². The number of aryl methyl sites for hydroxylation is 1. The molecule has 126 valence electrons. The molecule has 0 unspecified atom stereocenters. The molecule has 1 aromatic carbocycles. The normalized spacial score (nSPS) is 10.2. The summed E-state index contributed by atoms with van der Waals surface area (Å²) in [7, 11) is 0. The van der Waals surface area contributed by atoms with E-state index in [0.717, 1.165) is 36.5 Å². The lowest BCUT2D eigenvalue weighted by molar-refractivity contribution is 0.0953. The average molecular weight is 337 g/mol. The molecular weight excluding hydrogens is 312 g/mol. The molecule has 0 atom stereocenters. The number of hydrogen-bond donors (Lipinski definition) is 2. The Bertz CT molecular complexity index is 639. The summed E-state index contributed by atoms with van der Waals surface area (Å²) < 4.78 is 1.82. The Labute approximate surface area is 143 Å². The zero-order valence-electron chi connectivity index (χ0n) is 13.9. The topological polar surface area (TPSA) is 58.9 Å². The smallest absolute Gasteiger partial charge is 0.254 e. The summed E-state index contributed by atoms with van der Waals surface area (Å²) >= 11 is 0. The summed E-state index contributed by atoms with van der Waals surface area (Å²) in [6.07, 6.45) is 2.73. The van der Waals surface area contributed by atoms with Gasteiger partial charge in [-0.2, -0.15) is 5.10 Å². The Morgan fingerprint density at radius 1 is 1.17 bits per heavy atom. The van der Waals surface area contributed by atoms with Crippen LogP contribution in [0.3, 0.4) is 0 Å². The van der Waals surface area contributed by atoms with Crippen molar-refractivity contribution >= 4 is 18.3 Å². The fourth-order valence-corrected chi connectivity index (χ4v) is 2.34. The van der Waals surface area contributed by atoms with Crippen molar-refractivity contribution in [2.75, 3.05) is 19.6 Å². The van der Waals surface area contributed by atoms with Crippen molar-refractivity contribution in [3.8, 4) is 5.69 Å². The lowest BCUT2D eigenvalue weighted by Gasteiger charge is -2.09. The molecule has 0 bridgehead atoms. The van der Waals surface area contributed by atoms with Crippen LogP contribution in [0, 0.1) is 13.8 Å². The third-order valence-electron chi connectivity index (χ3n) is 3.61. The summed E-state index contributed by atoms with van der Waals surface area (Å²) in [5.74, 6) is -0.0735. The first-order valence-electron chi connectivity index (χ1n) is 7.74. The maximum atomic E-state index is 12.2. The van der Waals surface area contributed by atoms with Gasteiger partial charge in [0, 0.05) is 13.1 Å². The number of aromatic nitrogens is 2. The highest BCUT2D eigenvalue weighted by atomic mass is 35.5. The third kappa shape index (κ3) is 4.81. The number of hydrogen-bond acceptors (Lipinski definition) is 3. The summed E-state index contributed by atoms with van der Waals surface area (Å²) in [4.78, 5) is 12.2. The number of carbonyl (C=O) groups excluding carboxylic acids is 1. The lowest BCUT2D eigenvalue weighted by atomic mass is 10.2. The van der Waals surface area contributed by atoms with E-state index in [4.69, 9.17) is 0 Å². The minimum atomic E-state index is -0.0735.